The fourth-order valence-electron chi connectivity index (χ4n) is 3.28. The van der Waals surface area contributed by atoms with E-state index in [4.69, 9.17) is 4.74 Å². The number of hydrogen-bond donors (Lipinski definition) is 1. The number of nitrogens with zero attached hydrogens (tertiary/aromatic N) is 2. The number of benzene rings is 2. The Kier molecular flexibility index (Phi) is 3.80. The van der Waals surface area contributed by atoms with Crippen molar-refractivity contribution in [2.75, 3.05) is 0 Å². The molecular formula is C20H16N2O4. The van der Waals surface area contributed by atoms with Gasteiger partial charge >= 0.3 is 5.97 Å². The molecule has 130 valence electrons. The van der Waals surface area contributed by atoms with Crippen molar-refractivity contribution in [3.8, 4) is 11.5 Å². The monoisotopic (exact) mass is 348 g/mol. The van der Waals surface area contributed by atoms with Gasteiger partial charge < -0.3 is 9.84 Å². The van der Waals surface area contributed by atoms with Crippen LogP contribution in [0.5, 0.6) is 11.5 Å². The number of esters is 1. The second-order valence-corrected chi connectivity index (χ2v) is 6.25. The zero-order chi connectivity index (χ0) is 18.3. The molecule has 1 aliphatic rings. The molecule has 0 fully saturated rings. The third kappa shape index (κ3) is 2.65. The number of ether oxygens (including phenoxy) is 1. The molecule has 6 heteroatoms. The van der Waals surface area contributed by atoms with E-state index < -0.39 is 5.92 Å². The highest BCUT2D eigenvalue weighted by molar-refractivity contribution is 6.11. The molecule has 1 aromatic heterocycles. The topological polar surface area (TPSA) is 81.4 Å². The van der Waals surface area contributed by atoms with E-state index in [-0.39, 0.29) is 35.2 Å². The van der Waals surface area contributed by atoms with Crippen LogP contribution in [0.15, 0.2) is 54.9 Å². The lowest BCUT2D eigenvalue weighted by atomic mass is 9.85. The Morgan fingerprint density at radius 1 is 1.23 bits per heavy atom. The van der Waals surface area contributed by atoms with E-state index in [9.17, 15) is 14.7 Å². The molecule has 26 heavy (non-hydrogen) atoms. The highest BCUT2D eigenvalue weighted by atomic mass is 16.5. The summed E-state index contributed by atoms with van der Waals surface area (Å²) in [6.07, 6.45) is 3.52. The van der Waals surface area contributed by atoms with Gasteiger partial charge in [0.25, 0.3) is 0 Å². The molecule has 3 aromatic rings. The third-order valence-electron chi connectivity index (χ3n) is 4.53. The molecule has 0 unspecified atom stereocenters. The van der Waals surface area contributed by atoms with Crippen molar-refractivity contribution in [2.24, 2.45) is 7.05 Å². The summed E-state index contributed by atoms with van der Waals surface area (Å²) in [5.41, 5.74) is 1.89. The lowest BCUT2D eigenvalue weighted by Crippen LogP contribution is -2.21. The molecule has 0 saturated heterocycles. The summed E-state index contributed by atoms with van der Waals surface area (Å²) in [5, 5.41) is 15.0. The second-order valence-electron chi connectivity index (χ2n) is 6.25. The summed E-state index contributed by atoms with van der Waals surface area (Å²) in [7, 11) is 1.78. The molecular weight excluding hydrogens is 332 g/mol. The van der Waals surface area contributed by atoms with Gasteiger partial charge in [-0.1, -0.05) is 30.3 Å². The van der Waals surface area contributed by atoms with Crippen molar-refractivity contribution in [3.63, 3.8) is 0 Å². The van der Waals surface area contributed by atoms with E-state index in [0.29, 0.717) is 11.1 Å². The average Bonchev–Trinajstić information content (AvgIpc) is 3.08. The first-order valence-electron chi connectivity index (χ1n) is 8.19. The number of carbonyl (C=O) groups excluding carboxylic acids is 2. The molecule has 1 N–H and O–H groups in total. The predicted molar refractivity (Wildman–Crippen MR) is 93.3 cm³/mol. The number of fused-ring (bicyclic) bond motifs is 1. The Hall–Kier alpha value is -3.41. The zero-order valence-corrected chi connectivity index (χ0v) is 14.0. The quantitative estimate of drug-likeness (QED) is 0.447. The van der Waals surface area contributed by atoms with Gasteiger partial charge in [0, 0.05) is 30.3 Å². The minimum atomic E-state index is -0.413. The van der Waals surface area contributed by atoms with Crippen molar-refractivity contribution in [1.29, 1.82) is 0 Å². The largest absolute Gasteiger partial charge is 0.507 e. The van der Waals surface area contributed by atoms with Crippen LogP contribution in [0.3, 0.4) is 0 Å². The van der Waals surface area contributed by atoms with Gasteiger partial charge in [0.2, 0.25) is 0 Å². The molecule has 0 aliphatic carbocycles. The SMILES string of the molecule is Cn1cc([C@@H]2CC(=O)Oc3ccc(C(=O)c4ccccc4)c(O)c32)cn1. The van der Waals surface area contributed by atoms with Gasteiger partial charge in [-0.05, 0) is 17.7 Å². The van der Waals surface area contributed by atoms with E-state index in [1.807, 2.05) is 6.07 Å². The molecule has 2 heterocycles. The normalized spacial score (nSPS) is 16.0. The highest BCUT2D eigenvalue weighted by Gasteiger charge is 2.34. The molecule has 1 atom stereocenters. The Labute approximate surface area is 149 Å². The van der Waals surface area contributed by atoms with Gasteiger partial charge in [0.05, 0.1) is 18.2 Å². The lowest BCUT2D eigenvalue weighted by Gasteiger charge is -2.25. The number of phenolic OH excluding ortho intramolecular Hbond substituents is 1. The van der Waals surface area contributed by atoms with Crippen LogP contribution in [-0.4, -0.2) is 26.6 Å². The smallest absolute Gasteiger partial charge is 0.312 e. The standard InChI is InChI=1S/C20H16N2O4/c1-22-11-13(10-21-22)15-9-17(23)26-16-8-7-14(20(25)18(15)16)19(24)12-5-3-2-4-6-12/h2-8,10-11,15,25H,9H2,1H3/t15-/m0/s1. The van der Waals surface area contributed by atoms with Gasteiger partial charge in [0.1, 0.15) is 11.5 Å². The predicted octanol–water partition coefficient (Wildman–Crippen LogP) is 2.80. The van der Waals surface area contributed by atoms with E-state index in [1.54, 1.807) is 54.5 Å². The number of phenols is 1. The third-order valence-corrected chi connectivity index (χ3v) is 4.53. The summed E-state index contributed by atoms with van der Waals surface area (Å²) >= 11 is 0. The molecule has 2 aromatic carbocycles. The average molecular weight is 348 g/mol. The van der Waals surface area contributed by atoms with Gasteiger partial charge in [-0.15, -0.1) is 0 Å². The number of aromatic nitrogens is 2. The Bertz CT molecular complexity index is 1010. The number of aromatic hydroxyl groups is 1. The summed E-state index contributed by atoms with van der Waals surface area (Å²) < 4.78 is 6.90. The van der Waals surface area contributed by atoms with Gasteiger partial charge in [-0.2, -0.15) is 5.10 Å². The number of rotatable bonds is 3. The van der Waals surface area contributed by atoms with Gasteiger partial charge in [-0.3, -0.25) is 14.3 Å². The number of ketones is 1. The first-order valence-corrected chi connectivity index (χ1v) is 8.19. The van der Waals surface area contributed by atoms with Gasteiger partial charge in [-0.25, -0.2) is 0 Å². The molecule has 0 spiro atoms. The molecule has 0 saturated carbocycles. The maximum atomic E-state index is 12.8. The van der Waals surface area contributed by atoms with Crippen molar-refractivity contribution < 1.29 is 19.4 Å². The number of hydrogen-bond acceptors (Lipinski definition) is 5. The van der Waals surface area contributed by atoms with E-state index in [1.165, 1.54) is 6.07 Å². The van der Waals surface area contributed by atoms with Crippen LogP contribution in [0.4, 0.5) is 0 Å². The fourth-order valence-corrected chi connectivity index (χ4v) is 3.28. The van der Waals surface area contributed by atoms with Crippen molar-refractivity contribution >= 4 is 11.8 Å². The van der Waals surface area contributed by atoms with Crippen LogP contribution in [0.1, 0.15) is 39.4 Å². The van der Waals surface area contributed by atoms with Crippen molar-refractivity contribution in [3.05, 3.63) is 77.1 Å². The van der Waals surface area contributed by atoms with Crippen LogP contribution in [0.25, 0.3) is 0 Å². The molecule has 0 bridgehead atoms. The second kappa shape index (κ2) is 6.15. The van der Waals surface area contributed by atoms with Crippen LogP contribution < -0.4 is 4.74 Å². The van der Waals surface area contributed by atoms with Crippen molar-refractivity contribution in [1.82, 2.24) is 9.78 Å². The van der Waals surface area contributed by atoms with Gasteiger partial charge in [0.15, 0.2) is 5.78 Å². The first kappa shape index (κ1) is 16.1. The van der Waals surface area contributed by atoms with Crippen LogP contribution in [-0.2, 0) is 11.8 Å². The number of carbonyl (C=O) groups is 2. The minimum absolute atomic E-state index is 0.0786. The van der Waals surface area contributed by atoms with E-state index in [0.717, 1.165) is 5.56 Å². The maximum Gasteiger partial charge on any atom is 0.312 e. The molecule has 4 rings (SSSR count). The van der Waals surface area contributed by atoms with E-state index >= 15 is 0 Å². The number of aryl methyl sites for hydroxylation is 1. The fraction of sp³-hybridized carbons (Fsp3) is 0.150. The Morgan fingerprint density at radius 2 is 2.00 bits per heavy atom. The maximum absolute atomic E-state index is 12.8. The summed E-state index contributed by atoms with van der Waals surface area (Å²) in [4.78, 5) is 24.8. The summed E-state index contributed by atoms with van der Waals surface area (Å²) in [5.74, 6) is -0.959. The Balaban J connectivity index is 1.84. The summed E-state index contributed by atoms with van der Waals surface area (Å²) in [6.45, 7) is 0. The Morgan fingerprint density at radius 3 is 2.69 bits per heavy atom. The highest BCUT2D eigenvalue weighted by Crippen LogP contribution is 2.45. The van der Waals surface area contributed by atoms with E-state index in [2.05, 4.69) is 5.10 Å². The molecule has 0 amide bonds. The minimum Gasteiger partial charge on any atom is -0.507 e. The molecule has 0 radical (unpaired) electrons. The summed E-state index contributed by atoms with van der Waals surface area (Å²) in [6, 6.07) is 11.8. The first-order chi connectivity index (χ1) is 12.5. The zero-order valence-electron chi connectivity index (χ0n) is 14.0. The lowest BCUT2D eigenvalue weighted by molar-refractivity contribution is -0.135. The molecule has 6 nitrogen and oxygen atoms in total. The van der Waals surface area contributed by atoms with Crippen molar-refractivity contribution in [2.45, 2.75) is 12.3 Å². The van der Waals surface area contributed by atoms with Crippen LogP contribution >= 0.6 is 0 Å². The molecule has 1 aliphatic heterocycles. The van der Waals surface area contributed by atoms with Crippen LogP contribution in [0, 0.1) is 0 Å². The van der Waals surface area contributed by atoms with Crippen LogP contribution in [0.2, 0.25) is 0 Å².